The second-order valence-electron chi connectivity index (χ2n) is 6.32. The van der Waals surface area contributed by atoms with Crippen molar-refractivity contribution in [1.82, 2.24) is 9.97 Å². The molecule has 0 amide bonds. The van der Waals surface area contributed by atoms with Gasteiger partial charge in [0, 0.05) is 17.8 Å². The average Bonchev–Trinajstić information content (AvgIpc) is 2.94. The minimum absolute atomic E-state index is 0.0816. The molecular formula is C18H24N4O2S. The van der Waals surface area contributed by atoms with E-state index in [2.05, 4.69) is 52.6 Å². The van der Waals surface area contributed by atoms with Crippen molar-refractivity contribution in [3.8, 4) is 0 Å². The van der Waals surface area contributed by atoms with Gasteiger partial charge in [0.15, 0.2) is 9.84 Å². The van der Waals surface area contributed by atoms with Crippen LogP contribution in [0.3, 0.4) is 0 Å². The fourth-order valence-corrected chi connectivity index (χ4v) is 4.83. The summed E-state index contributed by atoms with van der Waals surface area (Å²) in [5, 5.41) is 6.62. The number of hydrogen-bond donors (Lipinski definition) is 2. The van der Waals surface area contributed by atoms with E-state index in [1.54, 1.807) is 0 Å². The van der Waals surface area contributed by atoms with Crippen LogP contribution < -0.4 is 10.6 Å². The van der Waals surface area contributed by atoms with Gasteiger partial charge in [-0.2, -0.15) is 0 Å². The van der Waals surface area contributed by atoms with Gasteiger partial charge in [-0.05, 0) is 30.4 Å². The summed E-state index contributed by atoms with van der Waals surface area (Å²) in [5.74, 6) is 1.75. The molecule has 1 aliphatic rings. The molecule has 7 heteroatoms. The summed E-state index contributed by atoms with van der Waals surface area (Å²) in [6.07, 6.45) is 3.99. The highest BCUT2D eigenvalue weighted by molar-refractivity contribution is 7.91. The van der Waals surface area contributed by atoms with Gasteiger partial charge < -0.3 is 10.6 Å². The highest BCUT2D eigenvalue weighted by atomic mass is 32.2. The van der Waals surface area contributed by atoms with Gasteiger partial charge in [-0.1, -0.05) is 32.0 Å². The minimum Gasteiger partial charge on any atom is -0.366 e. The van der Waals surface area contributed by atoms with E-state index in [1.807, 2.05) is 6.07 Å². The Kier molecular flexibility index (Phi) is 5.22. The van der Waals surface area contributed by atoms with Crippen LogP contribution in [-0.4, -0.2) is 35.9 Å². The Morgan fingerprint density at radius 2 is 1.80 bits per heavy atom. The number of aromatic nitrogens is 2. The zero-order valence-electron chi connectivity index (χ0n) is 14.6. The fourth-order valence-electron chi connectivity index (χ4n) is 3.15. The molecule has 0 radical (unpaired) electrons. The van der Waals surface area contributed by atoms with Gasteiger partial charge in [0.2, 0.25) is 0 Å². The number of sulfone groups is 1. The molecule has 3 rings (SSSR count). The monoisotopic (exact) mass is 360 g/mol. The van der Waals surface area contributed by atoms with E-state index in [4.69, 9.17) is 0 Å². The maximum absolute atomic E-state index is 11.6. The highest BCUT2D eigenvalue weighted by Gasteiger charge is 2.27. The lowest BCUT2D eigenvalue weighted by molar-refractivity contribution is 0.602. The second-order valence-corrected chi connectivity index (χ2v) is 8.54. The number of nitrogens with zero attached hydrogens (tertiary/aromatic N) is 2. The van der Waals surface area contributed by atoms with Gasteiger partial charge >= 0.3 is 0 Å². The van der Waals surface area contributed by atoms with Crippen molar-refractivity contribution in [2.75, 3.05) is 22.1 Å². The molecule has 1 fully saturated rings. The van der Waals surface area contributed by atoms with Crippen LogP contribution in [0.15, 0.2) is 30.6 Å². The van der Waals surface area contributed by atoms with Gasteiger partial charge in [-0.3, -0.25) is 0 Å². The number of aryl methyl sites for hydroxylation is 2. The highest BCUT2D eigenvalue weighted by Crippen LogP contribution is 2.26. The van der Waals surface area contributed by atoms with Gasteiger partial charge in [0.05, 0.1) is 11.5 Å². The Balaban J connectivity index is 1.79. The second kappa shape index (κ2) is 7.39. The van der Waals surface area contributed by atoms with Crippen LogP contribution >= 0.6 is 0 Å². The first-order valence-electron chi connectivity index (χ1n) is 8.67. The molecular weight excluding hydrogens is 336 g/mol. The molecule has 0 aliphatic carbocycles. The zero-order valence-corrected chi connectivity index (χ0v) is 15.4. The maximum Gasteiger partial charge on any atom is 0.152 e. The summed E-state index contributed by atoms with van der Waals surface area (Å²) in [4.78, 5) is 8.53. The first-order valence-corrected chi connectivity index (χ1v) is 10.5. The third kappa shape index (κ3) is 4.28. The van der Waals surface area contributed by atoms with E-state index >= 15 is 0 Å². The van der Waals surface area contributed by atoms with Crippen molar-refractivity contribution in [2.45, 2.75) is 39.2 Å². The molecule has 2 heterocycles. The molecule has 2 N–H and O–H groups in total. The first-order chi connectivity index (χ1) is 12.0. The van der Waals surface area contributed by atoms with Crippen molar-refractivity contribution in [3.05, 3.63) is 41.7 Å². The van der Waals surface area contributed by atoms with E-state index < -0.39 is 9.84 Å². The van der Waals surface area contributed by atoms with Crippen molar-refractivity contribution >= 4 is 27.2 Å². The molecule has 6 nitrogen and oxygen atoms in total. The summed E-state index contributed by atoms with van der Waals surface area (Å²) in [7, 11) is -2.91. The molecule has 134 valence electrons. The molecule has 1 aromatic heterocycles. The normalized spacial score (nSPS) is 18.9. The van der Waals surface area contributed by atoms with Crippen LogP contribution in [0, 0.1) is 0 Å². The fraction of sp³-hybridized carbons (Fsp3) is 0.444. The van der Waals surface area contributed by atoms with E-state index in [0.29, 0.717) is 18.1 Å². The van der Waals surface area contributed by atoms with Gasteiger partial charge in [0.1, 0.15) is 18.0 Å². The zero-order chi connectivity index (χ0) is 17.9. The summed E-state index contributed by atoms with van der Waals surface area (Å²) >= 11 is 0. The van der Waals surface area contributed by atoms with Crippen LogP contribution in [0.2, 0.25) is 0 Å². The van der Waals surface area contributed by atoms with Crippen LogP contribution in [0.25, 0.3) is 0 Å². The van der Waals surface area contributed by atoms with Crippen LogP contribution in [0.4, 0.5) is 17.3 Å². The SMILES string of the molecule is CCc1cccc(CC)c1Nc1cc(NC2CCS(=O)(=O)C2)ncn1. The average molecular weight is 360 g/mol. The van der Waals surface area contributed by atoms with Crippen LogP contribution in [0.5, 0.6) is 0 Å². The van der Waals surface area contributed by atoms with Crippen molar-refractivity contribution in [2.24, 2.45) is 0 Å². The van der Waals surface area contributed by atoms with Crippen molar-refractivity contribution in [3.63, 3.8) is 0 Å². The minimum atomic E-state index is -2.91. The quantitative estimate of drug-likeness (QED) is 0.824. The lowest BCUT2D eigenvalue weighted by atomic mass is 10.0. The molecule has 1 unspecified atom stereocenters. The van der Waals surface area contributed by atoms with Gasteiger partial charge in [0.25, 0.3) is 0 Å². The topological polar surface area (TPSA) is 84.0 Å². The third-order valence-electron chi connectivity index (χ3n) is 4.50. The number of hydrogen-bond acceptors (Lipinski definition) is 6. The number of para-hydroxylation sites is 1. The molecule has 1 aromatic carbocycles. The number of nitrogens with one attached hydrogen (secondary N) is 2. The molecule has 0 spiro atoms. The molecule has 1 atom stereocenters. The largest absolute Gasteiger partial charge is 0.366 e. The molecule has 25 heavy (non-hydrogen) atoms. The lowest BCUT2D eigenvalue weighted by Gasteiger charge is -2.16. The predicted octanol–water partition coefficient (Wildman–Crippen LogP) is 2.94. The van der Waals surface area contributed by atoms with Gasteiger partial charge in [-0.15, -0.1) is 0 Å². The molecule has 1 saturated heterocycles. The summed E-state index contributed by atoms with van der Waals surface area (Å²) in [5.41, 5.74) is 3.59. The summed E-state index contributed by atoms with van der Waals surface area (Å²) in [6, 6.07) is 8.06. The van der Waals surface area contributed by atoms with Crippen LogP contribution in [-0.2, 0) is 22.7 Å². The molecule has 0 saturated carbocycles. The van der Waals surface area contributed by atoms with E-state index in [0.717, 1.165) is 18.5 Å². The predicted molar refractivity (Wildman–Crippen MR) is 101 cm³/mol. The Hall–Kier alpha value is -2.15. The Morgan fingerprint density at radius 1 is 1.12 bits per heavy atom. The lowest BCUT2D eigenvalue weighted by Crippen LogP contribution is -2.21. The Labute approximate surface area is 149 Å². The number of rotatable bonds is 6. The number of benzene rings is 1. The van der Waals surface area contributed by atoms with Gasteiger partial charge in [-0.25, -0.2) is 18.4 Å². The van der Waals surface area contributed by atoms with E-state index in [1.165, 1.54) is 17.5 Å². The van der Waals surface area contributed by atoms with Crippen molar-refractivity contribution in [1.29, 1.82) is 0 Å². The van der Waals surface area contributed by atoms with E-state index in [9.17, 15) is 8.42 Å². The first kappa shape index (κ1) is 17.7. The Morgan fingerprint density at radius 3 is 2.40 bits per heavy atom. The van der Waals surface area contributed by atoms with E-state index in [-0.39, 0.29) is 17.5 Å². The maximum atomic E-state index is 11.6. The molecule has 0 bridgehead atoms. The summed E-state index contributed by atoms with van der Waals surface area (Å²) < 4.78 is 23.2. The molecule has 2 aromatic rings. The molecule has 1 aliphatic heterocycles. The Bertz CT molecular complexity index is 830. The van der Waals surface area contributed by atoms with Crippen molar-refractivity contribution < 1.29 is 8.42 Å². The summed E-state index contributed by atoms with van der Waals surface area (Å²) in [6.45, 7) is 4.26. The van der Waals surface area contributed by atoms with Crippen LogP contribution in [0.1, 0.15) is 31.4 Å². The number of anilines is 3. The third-order valence-corrected chi connectivity index (χ3v) is 6.27. The smallest absolute Gasteiger partial charge is 0.152 e. The standard InChI is InChI=1S/C18H24N4O2S/c1-3-13-6-5-7-14(4-2)18(13)22-17-10-16(19-12-20-17)21-15-8-9-25(23,24)11-15/h5-7,10,12,15H,3-4,8-9,11H2,1-2H3,(H2,19,20,21,22).